The number of likely N-dealkylation sites (N-methyl/N-ethyl adjacent to an activating group) is 1. The van der Waals surface area contributed by atoms with Gasteiger partial charge in [-0.15, -0.1) is 0 Å². The van der Waals surface area contributed by atoms with Gasteiger partial charge in [0.15, 0.2) is 4.90 Å². The maximum atomic E-state index is 15.1. The molecule has 39 heavy (non-hydrogen) atoms. The second-order valence-corrected chi connectivity index (χ2v) is 12.8. The smallest absolute Gasteiger partial charge is 0.270 e. The first-order chi connectivity index (χ1) is 18.3. The van der Waals surface area contributed by atoms with E-state index < -0.39 is 43.8 Å². The molecule has 4 rings (SSSR count). The summed E-state index contributed by atoms with van der Waals surface area (Å²) in [6, 6.07) is 3.68. The molecule has 2 aromatic carbocycles. The number of piperidine rings is 1. The Hall–Kier alpha value is -2.50. The fourth-order valence-corrected chi connectivity index (χ4v) is 6.52. The molecule has 1 saturated carbocycles. The largest absolute Gasteiger partial charge is 0.492 e. The molecule has 214 valence electrons. The van der Waals surface area contributed by atoms with Crippen LogP contribution in [0.2, 0.25) is 5.02 Å². The highest BCUT2D eigenvalue weighted by Crippen LogP contribution is 2.33. The van der Waals surface area contributed by atoms with Crippen molar-refractivity contribution in [2.24, 2.45) is 5.92 Å². The lowest BCUT2D eigenvalue weighted by atomic mass is 9.89. The van der Waals surface area contributed by atoms with Gasteiger partial charge in [-0.05, 0) is 70.8 Å². The Kier molecular flexibility index (Phi) is 8.73. The number of hydrogen-bond acceptors (Lipinski definition) is 6. The summed E-state index contributed by atoms with van der Waals surface area (Å²) in [6.45, 7) is 3.42. The van der Waals surface area contributed by atoms with Crippen molar-refractivity contribution in [2.75, 3.05) is 38.7 Å². The fourth-order valence-electron chi connectivity index (χ4n) is 5.22. The Morgan fingerprint density at radius 2 is 1.74 bits per heavy atom. The number of rotatable bonds is 8. The van der Waals surface area contributed by atoms with Crippen molar-refractivity contribution in [2.45, 2.75) is 55.9 Å². The Morgan fingerprint density at radius 3 is 2.36 bits per heavy atom. The van der Waals surface area contributed by atoms with Gasteiger partial charge < -0.3 is 14.5 Å². The second kappa shape index (κ2) is 11.5. The molecule has 12 heteroatoms. The number of halogens is 4. The molecule has 2 fully saturated rings. The van der Waals surface area contributed by atoms with Gasteiger partial charge in [-0.3, -0.25) is 4.79 Å². The number of ether oxygens (including phenoxy) is 1. The number of amides is 1. The summed E-state index contributed by atoms with van der Waals surface area (Å²) in [5.41, 5.74) is -0.744. The van der Waals surface area contributed by atoms with Gasteiger partial charge >= 0.3 is 0 Å². The molecule has 0 radical (unpaired) electrons. The number of hydrogen-bond donors (Lipinski definition) is 1. The molecule has 1 saturated heterocycles. The molecule has 1 aliphatic heterocycles. The number of sulfonamides is 1. The van der Waals surface area contributed by atoms with Gasteiger partial charge in [0.1, 0.15) is 23.2 Å². The van der Waals surface area contributed by atoms with E-state index in [-0.39, 0.29) is 22.0 Å². The molecule has 2 aromatic rings. The van der Waals surface area contributed by atoms with Crippen LogP contribution in [-0.2, 0) is 10.0 Å². The number of nitrogens with one attached hydrogen (secondary N) is 1. The first-order valence-electron chi connectivity index (χ1n) is 12.9. The normalized spacial score (nSPS) is 20.5. The van der Waals surface area contributed by atoms with Crippen LogP contribution in [0.25, 0.3) is 0 Å². The average molecular weight is 588 g/mol. The molecule has 2 aliphatic rings. The maximum absolute atomic E-state index is 15.1. The van der Waals surface area contributed by atoms with Gasteiger partial charge in [-0.1, -0.05) is 24.4 Å². The number of anilines is 1. The summed E-state index contributed by atoms with van der Waals surface area (Å²) < 4.78 is 77.7. The van der Waals surface area contributed by atoms with Crippen LogP contribution in [0.3, 0.4) is 0 Å². The number of carbonyl (C=O) groups excluding carboxylic acids is 1. The summed E-state index contributed by atoms with van der Waals surface area (Å²) in [5, 5.41) is -0.0927. The predicted molar refractivity (Wildman–Crippen MR) is 143 cm³/mol. The van der Waals surface area contributed by atoms with Crippen LogP contribution in [-0.4, -0.2) is 58.6 Å². The fraction of sp³-hybridized carbons (Fsp3) is 0.519. The zero-order valence-corrected chi connectivity index (χ0v) is 23.8. The summed E-state index contributed by atoms with van der Waals surface area (Å²) in [6.07, 6.45) is 5.88. The third kappa shape index (κ3) is 6.47. The minimum absolute atomic E-state index is 0.0243. The highest BCUT2D eigenvalue weighted by molar-refractivity contribution is 7.90. The van der Waals surface area contributed by atoms with E-state index in [1.54, 1.807) is 9.62 Å². The van der Waals surface area contributed by atoms with Gasteiger partial charge in [0.25, 0.3) is 15.9 Å². The molecule has 1 amide bonds. The van der Waals surface area contributed by atoms with Crippen LogP contribution in [0.1, 0.15) is 55.8 Å². The molecule has 1 aliphatic carbocycles. The lowest BCUT2D eigenvalue weighted by Crippen LogP contribution is -2.54. The quantitative estimate of drug-likeness (QED) is 0.448. The number of benzene rings is 2. The predicted octanol–water partition coefficient (Wildman–Crippen LogP) is 5.37. The molecule has 1 atom stereocenters. The molecule has 7 nitrogen and oxygen atoms in total. The van der Waals surface area contributed by atoms with Crippen molar-refractivity contribution in [3.05, 3.63) is 52.3 Å². The van der Waals surface area contributed by atoms with E-state index in [2.05, 4.69) is 0 Å². The van der Waals surface area contributed by atoms with E-state index in [4.69, 9.17) is 16.3 Å². The van der Waals surface area contributed by atoms with Gasteiger partial charge in [-0.2, -0.15) is 0 Å². The monoisotopic (exact) mass is 587 g/mol. The summed E-state index contributed by atoms with van der Waals surface area (Å²) in [5.74, 6) is -4.87. The van der Waals surface area contributed by atoms with Crippen molar-refractivity contribution < 1.29 is 31.1 Å². The van der Waals surface area contributed by atoms with Crippen LogP contribution in [0.5, 0.6) is 5.75 Å². The van der Waals surface area contributed by atoms with Gasteiger partial charge in [0.2, 0.25) is 0 Å². The SMILES string of the molecule is CN(C)C1(C)CCCN(c2cc(F)c(S(=O)(=O)NC(=O)c3cc(Cl)c(OCC4CCCC4)cc3F)c(F)c2)C1. The molecule has 1 unspecified atom stereocenters. The van der Waals surface area contributed by atoms with E-state index in [9.17, 15) is 17.6 Å². The van der Waals surface area contributed by atoms with Gasteiger partial charge in [0, 0.05) is 30.4 Å². The van der Waals surface area contributed by atoms with Crippen molar-refractivity contribution in [1.82, 2.24) is 9.62 Å². The minimum Gasteiger partial charge on any atom is -0.492 e. The number of carbonyl (C=O) groups is 1. The van der Waals surface area contributed by atoms with Crippen LogP contribution in [0.15, 0.2) is 29.2 Å². The summed E-state index contributed by atoms with van der Waals surface area (Å²) in [7, 11) is -1.18. The first kappa shape index (κ1) is 29.5. The van der Waals surface area contributed by atoms with Crippen LogP contribution < -0.4 is 14.4 Å². The molecule has 0 aromatic heterocycles. The van der Waals surface area contributed by atoms with Gasteiger partial charge in [0.05, 0.1) is 17.2 Å². The average Bonchev–Trinajstić information content (AvgIpc) is 3.37. The lowest BCUT2D eigenvalue weighted by Gasteiger charge is -2.45. The van der Waals surface area contributed by atoms with Crippen molar-refractivity contribution in [1.29, 1.82) is 0 Å². The van der Waals surface area contributed by atoms with Crippen molar-refractivity contribution >= 4 is 33.2 Å². The third-order valence-corrected chi connectivity index (χ3v) is 9.49. The minimum atomic E-state index is -5.03. The van der Waals surface area contributed by atoms with E-state index in [1.165, 1.54) is 0 Å². The molecule has 1 N–H and O–H groups in total. The molecule has 1 heterocycles. The van der Waals surface area contributed by atoms with E-state index in [0.717, 1.165) is 62.8 Å². The topological polar surface area (TPSA) is 79.0 Å². The van der Waals surface area contributed by atoms with Crippen LogP contribution in [0, 0.1) is 23.4 Å². The molecular weight excluding hydrogens is 555 g/mol. The van der Waals surface area contributed by atoms with Crippen LogP contribution >= 0.6 is 11.6 Å². The van der Waals surface area contributed by atoms with Crippen molar-refractivity contribution in [3.63, 3.8) is 0 Å². The standard InChI is InChI=1S/C27H33ClF3N3O4S/c1-27(33(2)3)9-6-10-34(16-27)18-11-22(30)25(23(31)12-18)39(36,37)32-26(35)19-13-20(28)24(14-21(19)29)38-15-17-7-4-5-8-17/h11-14,17H,4-10,15-16H2,1-3H3,(H,32,35). The zero-order chi connectivity index (χ0) is 28.5. The molecule has 0 bridgehead atoms. The number of nitrogens with zero attached hydrogens (tertiary/aromatic N) is 2. The highest BCUT2D eigenvalue weighted by atomic mass is 35.5. The second-order valence-electron chi connectivity index (χ2n) is 10.8. The zero-order valence-electron chi connectivity index (χ0n) is 22.2. The lowest BCUT2D eigenvalue weighted by molar-refractivity contribution is 0.0977. The van der Waals surface area contributed by atoms with E-state index >= 15 is 8.78 Å². The Balaban J connectivity index is 1.51. The Morgan fingerprint density at radius 1 is 1.10 bits per heavy atom. The highest BCUT2D eigenvalue weighted by Gasteiger charge is 2.35. The molecule has 0 spiro atoms. The van der Waals surface area contributed by atoms with Gasteiger partial charge in [-0.25, -0.2) is 26.3 Å². The Bertz CT molecular complexity index is 1330. The maximum Gasteiger partial charge on any atom is 0.270 e. The summed E-state index contributed by atoms with van der Waals surface area (Å²) in [4.78, 5) is 15.2. The summed E-state index contributed by atoms with van der Waals surface area (Å²) >= 11 is 6.15. The van der Waals surface area contributed by atoms with E-state index in [0.29, 0.717) is 25.6 Å². The van der Waals surface area contributed by atoms with Crippen molar-refractivity contribution in [3.8, 4) is 5.75 Å². The molecular formula is C27H33ClF3N3O4S. The first-order valence-corrected chi connectivity index (χ1v) is 14.8. The van der Waals surface area contributed by atoms with Crippen LogP contribution in [0.4, 0.5) is 18.9 Å². The van der Waals surface area contributed by atoms with E-state index in [1.807, 2.05) is 25.9 Å². The third-order valence-electron chi connectivity index (χ3n) is 7.81. The Labute approximate surface area is 232 Å².